The van der Waals surface area contributed by atoms with Gasteiger partial charge in [-0.3, -0.25) is 4.72 Å². The van der Waals surface area contributed by atoms with E-state index in [4.69, 9.17) is 17.3 Å². The van der Waals surface area contributed by atoms with Gasteiger partial charge in [-0.2, -0.15) is 0 Å². The molecule has 2 atom stereocenters. The molecule has 0 radical (unpaired) electrons. The van der Waals surface area contributed by atoms with Crippen molar-refractivity contribution < 1.29 is 12.8 Å². The van der Waals surface area contributed by atoms with Crippen LogP contribution in [-0.4, -0.2) is 40.1 Å². The van der Waals surface area contributed by atoms with Gasteiger partial charge in [0.25, 0.3) is 10.0 Å². The number of nitrogens with two attached hydrogens (primary N) is 1. The molecule has 1 aromatic rings. The van der Waals surface area contributed by atoms with Crippen molar-refractivity contribution in [2.45, 2.75) is 49.6 Å². The number of benzene rings is 1. The SMILES string of the molecule is C=C(NS(=O)(=O)c1cc(Cl)c(NCCCC(C)NC[C@@H]2CCCN2)cc1F)S/C=C\N. The number of hydrogen-bond acceptors (Lipinski definition) is 7. The standard InChI is InChI=1S/C20H31ClFN5O2S2/c1-14(26-13-16-6-4-8-24-16)5-3-9-25-19-12-18(22)20(11-17(19)21)31(28,29)27-15(2)30-10-7-23/h7,10-12,14,16,24-27H,2-6,8-9,13,23H2,1H3/b10-7-/t14?,16-/m0/s1. The first-order valence-corrected chi connectivity index (χ1v) is 12.9. The van der Waals surface area contributed by atoms with Crippen molar-refractivity contribution in [3.8, 4) is 0 Å². The van der Waals surface area contributed by atoms with Crippen LogP contribution in [0.5, 0.6) is 0 Å². The highest BCUT2D eigenvalue weighted by Gasteiger charge is 2.22. The van der Waals surface area contributed by atoms with E-state index in [9.17, 15) is 12.8 Å². The monoisotopic (exact) mass is 491 g/mol. The molecule has 174 valence electrons. The van der Waals surface area contributed by atoms with E-state index in [2.05, 4.69) is 34.2 Å². The van der Waals surface area contributed by atoms with Gasteiger partial charge in [0.05, 0.1) is 15.7 Å². The van der Waals surface area contributed by atoms with Gasteiger partial charge in [-0.1, -0.05) is 29.9 Å². The van der Waals surface area contributed by atoms with E-state index >= 15 is 0 Å². The third kappa shape index (κ3) is 8.53. The maximum absolute atomic E-state index is 14.5. The Kier molecular flexibility index (Phi) is 10.4. The molecule has 0 bridgehead atoms. The highest BCUT2D eigenvalue weighted by Crippen LogP contribution is 2.29. The maximum Gasteiger partial charge on any atom is 0.265 e. The summed E-state index contributed by atoms with van der Waals surface area (Å²) in [5.41, 5.74) is 5.56. The Balaban J connectivity index is 1.84. The zero-order valence-corrected chi connectivity index (χ0v) is 20.0. The third-order valence-corrected chi connectivity index (χ3v) is 7.38. The largest absolute Gasteiger partial charge is 0.404 e. The van der Waals surface area contributed by atoms with Gasteiger partial charge in [0, 0.05) is 31.4 Å². The summed E-state index contributed by atoms with van der Waals surface area (Å²) in [6, 6.07) is 3.12. The van der Waals surface area contributed by atoms with Crippen LogP contribution in [0.3, 0.4) is 0 Å². The Hall–Kier alpha value is -1.46. The maximum atomic E-state index is 14.5. The molecule has 7 nitrogen and oxygen atoms in total. The lowest BCUT2D eigenvalue weighted by molar-refractivity contribution is 0.456. The number of halogens is 2. The van der Waals surface area contributed by atoms with E-state index in [1.54, 1.807) is 0 Å². The van der Waals surface area contributed by atoms with E-state index in [1.807, 2.05) is 0 Å². The minimum atomic E-state index is -4.16. The van der Waals surface area contributed by atoms with Gasteiger partial charge in [0.1, 0.15) is 10.7 Å². The number of nitrogens with one attached hydrogen (secondary N) is 4. The fourth-order valence-corrected chi connectivity index (χ4v) is 5.29. The zero-order chi connectivity index (χ0) is 22.9. The fraction of sp³-hybridized carbons (Fsp3) is 0.500. The quantitative estimate of drug-likeness (QED) is 0.269. The number of anilines is 1. The fourth-order valence-electron chi connectivity index (χ4n) is 3.23. The highest BCUT2D eigenvalue weighted by atomic mass is 35.5. The molecule has 11 heteroatoms. The predicted molar refractivity (Wildman–Crippen MR) is 128 cm³/mol. The molecule has 1 aliphatic heterocycles. The molecule has 1 unspecified atom stereocenters. The number of sulfonamides is 1. The highest BCUT2D eigenvalue weighted by molar-refractivity contribution is 8.06. The van der Waals surface area contributed by atoms with Crippen molar-refractivity contribution in [2.24, 2.45) is 5.73 Å². The summed E-state index contributed by atoms with van der Waals surface area (Å²) in [7, 11) is -4.16. The zero-order valence-electron chi connectivity index (χ0n) is 17.6. The first-order chi connectivity index (χ1) is 14.7. The second-order valence-corrected chi connectivity index (χ2v) is 10.5. The Bertz CT molecular complexity index is 877. The molecular formula is C20H31ClFN5O2S2. The second kappa shape index (κ2) is 12.5. The Morgan fingerprint density at radius 1 is 1.52 bits per heavy atom. The van der Waals surface area contributed by atoms with Crippen LogP contribution in [0.15, 0.2) is 40.2 Å². The normalized spacial score (nSPS) is 17.7. The van der Waals surface area contributed by atoms with Crippen LogP contribution in [-0.2, 0) is 10.0 Å². The third-order valence-electron chi connectivity index (χ3n) is 4.85. The Morgan fingerprint density at radius 2 is 2.29 bits per heavy atom. The first-order valence-electron chi connectivity index (χ1n) is 10.2. The summed E-state index contributed by atoms with van der Waals surface area (Å²) in [6.45, 7) is 8.35. The van der Waals surface area contributed by atoms with E-state index in [0.29, 0.717) is 24.3 Å². The van der Waals surface area contributed by atoms with Gasteiger partial charge in [-0.05, 0) is 56.7 Å². The van der Waals surface area contributed by atoms with Gasteiger partial charge < -0.3 is 21.7 Å². The summed E-state index contributed by atoms with van der Waals surface area (Å²) in [5.74, 6) is -0.898. The minimum Gasteiger partial charge on any atom is -0.404 e. The van der Waals surface area contributed by atoms with E-state index in [1.165, 1.54) is 24.4 Å². The summed E-state index contributed by atoms with van der Waals surface area (Å²) in [4.78, 5) is -0.542. The number of thioether (sulfide) groups is 1. The molecule has 1 aromatic carbocycles. The van der Waals surface area contributed by atoms with Gasteiger partial charge in [-0.15, -0.1) is 0 Å². The number of rotatable bonds is 13. The minimum absolute atomic E-state index is 0.0888. The van der Waals surface area contributed by atoms with Crippen molar-refractivity contribution in [1.29, 1.82) is 0 Å². The van der Waals surface area contributed by atoms with Crippen molar-refractivity contribution in [3.63, 3.8) is 0 Å². The van der Waals surface area contributed by atoms with Crippen molar-refractivity contribution >= 4 is 39.1 Å². The van der Waals surface area contributed by atoms with Crippen molar-refractivity contribution in [2.75, 3.05) is 25.0 Å². The average molecular weight is 492 g/mol. The second-order valence-electron chi connectivity index (χ2n) is 7.41. The van der Waals surface area contributed by atoms with Crippen LogP contribution in [0.4, 0.5) is 10.1 Å². The van der Waals surface area contributed by atoms with Crippen LogP contribution >= 0.6 is 23.4 Å². The Morgan fingerprint density at radius 3 is 2.97 bits per heavy atom. The number of hydrogen-bond donors (Lipinski definition) is 5. The van der Waals surface area contributed by atoms with Crippen LogP contribution in [0.1, 0.15) is 32.6 Å². The molecule has 0 spiro atoms. The van der Waals surface area contributed by atoms with Gasteiger partial charge >= 0.3 is 0 Å². The molecular weight excluding hydrogens is 461 g/mol. The first kappa shape index (κ1) is 25.8. The lowest BCUT2D eigenvalue weighted by atomic mass is 10.1. The molecule has 2 rings (SSSR count). The van der Waals surface area contributed by atoms with Crippen LogP contribution < -0.4 is 26.4 Å². The van der Waals surface area contributed by atoms with Gasteiger partial charge in [0.2, 0.25) is 0 Å². The Labute approximate surface area is 193 Å². The lowest BCUT2D eigenvalue weighted by Crippen LogP contribution is -2.38. The van der Waals surface area contributed by atoms with Gasteiger partial charge in [0.15, 0.2) is 0 Å². The molecule has 6 N–H and O–H groups in total. The molecule has 1 fully saturated rings. The van der Waals surface area contributed by atoms with Crippen LogP contribution in [0, 0.1) is 5.82 Å². The van der Waals surface area contributed by atoms with E-state index in [0.717, 1.165) is 49.8 Å². The van der Waals surface area contributed by atoms with E-state index < -0.39 is 20.7 Å². The molecule has 0 aromatic heterocycles. The summed E-state index contributed by atoms with van der Waals surface area (Å²) < 4.78 is 41.5. The molecule has 0 aliphatic carbocycles. The van der Waals surface area contributed by atoms with E-state index in [-0.39, 0.29) is 10.1 Å². The molecule has 0 saturated carbocycles. The molecule has 31 heavy (non-hydrogen) atoms. The summed E-state index contributed by atoms with van der Waals surface area (Å²) >= 11 is 7.17. The van der Waals surface area contributed by atoms with Crippen molar-refractivity contribution in [1.82, 2.24) is 15.4 Å². The van der Waals surface area contributed by atoms with Crippen LogP contribution in [0.25, 0.3) is 0 Å². The topological polar surface area (TPSA) is 108 Å². The molecule has 1 saturated heterocycles. The van der Waals surface area contributed by atoms with Crippen LogP contribution in [0.2, 0.25) is 5.02 Å². The predicted octanol–water partition coefficient (Wildman–Crippen LogP) is 3.31. The summed E-state index contributed by atoms with van der Waals surface area (Å²) in [6.07, 6.45) is 5.50. The summed E-state index contributed by atoms with van der Waals surface area (Å²) in [5, 5.41) is 11.7. The van der Waals surface area contributed by atoms with Gasteiger partial charge in [-0.25, -0.2) is 12.8 Å². The molecule has 1 heterocycles. The smallest absolute Gasteiger partial charge is 0.265 e. The van der Waals surface area contributed by atoms with Crippen molar-refractivity contribution in [3.05, 3.63) is 46.2 Å². The lowest BCUT2D eigenvalue weighted by Gasteiger charge is -2.18. The molecule has 0 amide bonds. The molecule has 1 aliphatic rings. The average Bonchev–Trinajstić information content (AvgIpc) is 3.23.